The quantitative estimate of drug-likeness (QED) is 0.608. The average Bonchev–Trinajstić information content (AvgIpc) is 3.08. The van der Waals surface area contributed by atoms with Crippen molar-refractivity contribution in [3.63, 3.8) is 0 Å². The lowest BCUT2D eigenvalue weighted by atomic mass is 9.85. The number of primary amides is 1. The SMILES string of the molecule is C[C@@H]1CCCC[C@@H]1N1C(=O)/C(=C/c2ccc(OCC(N)=O)cc2)SC1Nc1ccccc1. The fraction of sp³-hybridized carbons (Fsp3) is 0.360. The van der Waals surface area contributed by atoms with Crippen LogP contribution in [0.25, 0.3) is 6.08 Å². The van der Waals surface area contributed by atoms with E-state index in [2.05, 4.69) is 17.1 Å². The number of carbonyl (C=O) groups is 2. The zero-order valence-corrected chi connectivity index (χ0v) is 19.0. The van der Waals surface area contributed by atoms with Crippen molar-refractivity contribution < 1.29 is 14.3 Å². The number of nitrogens with one attached hydrogen (secondary N) is 1. The molecular weight excluding hydrogens is 422 g/mol. The number of thioether (sulfide) groups is 1. The fourth-order valence-corrected chi connectivity index (χ4v) is 5.55. The monoisotopic (exact) mass is 451 g/mol. The van der Waals surface area contributed by atoms with Gasteiger partial charge in [-0.3, -0.25) is 9.59 Å². The van der Waals surface area contributed by atoms with Gasteiger partial charge in [0.25, 0.3) is 11.8 Å². The van der Waals surface area contributed by atoms with Crippen molar-refractivity contribution in [1.29, 1.82) is 0 Å². The molecule has 2 amide bonds. The van der Waals surface area contributed by atoms with Crippen molar-refractivity contribution in [3.05, 3.63) is 65.1 Å². The van der Waals surface area contributed by atoms with Crippen LogP contribution in [-0.4, -0.2) is 34.9 Å². The van der Waals surface area contributed by atoms with E-state index >= 15 is 0 Å². The van der Waals surface area contributed by atoms with Gasteiger partial charge in [0.15, 0.2) is 12.1 Å². The lowest BCUT2D eigenvalue weighted by Gasteiger charge is -2.39. The molecule has 2 fully saturated rings. The fourth-order valence-electron chi connectivity index (χ4n) is 4.33. The largest absolute Gasteiger partial charge is 0.484 e. The van der Waals surface area contributed by atoms with E-state index in [9.17, 15) is 9.59 Å². The highest BCUT2D eigenvalue weighted by Crippen LogP contribution is 2.42. The molecule has 1 saturated carbocycles. The van der Waals surface area contributed by atoms with Crippen LogP contribution in [0.5, 0.6) is 5.75 Å². The molecule has 6 nitrogen and oxygen atoms in total. The lowest BCUT2D eigenvalue weighted by Crippen LogP contribution is -2.48. The predicted octanol–water partition coefficient (Wildman–Crippen LogP) is 4.44. The Morgan fingerprint density at radius 1 is 1.16 bits per heavy atom. The first-order chi connectivity index (χ1) is 15.5. The Bertz CT molecular complexity index is 978. The summed E-state index contributed by atoms with van der Waals surface area (Å²) in [6, 6.07) is 17.6. The van der Waals surface area contributed by atoms with Gasteiger partial charge in [-0.25, -0.2) is 0 Å². The molecule has 1 aliphatic heterocycles. The first kappa shape index (κ1) is 22.3. The van der Waals surface area contributed by atoms with Crippen molar-refractivity contribution in [3.8, 4) is 5.75 Å². The number of hydrogen-bond acceptors (Lipinski definition) is 5. The normalized spacial score (nSPS) is 24.5. The third kappa shape index (κ3) is 5.27. The van der Waals surface area contributed by atoms with Gasteiger partial charge in [-0.2, -0.15) is 0 Å². The van der Waals surface area contributed by atoms with Crippen molar-refractivity contribution in [2.24, 2.45) is 11.7 Å². The molecule has 0 spiro atoms. The third-order valence-corrected chi connectivity index (χ3v) is 7.10. The molecule has 1 heterocycles. The maximum atomic E-state index is 13.5. The maximum Gasteiger partial charge on any atom is 0.262 e. The van der Waals surface area contributed by atoms with Crippen molar-refractivity contribution in [1.82, 2.24) is 4.90 Å². The number of anilines is 1. The van der Waals surface area contributed by atoms with Crippen LogP contribution in [0.2, 0.25) is 0 Å². The molecule has 2 aliphatic rings. The lowest BCUT2D eigenvalue weighted by molar-refractivity contribution is -0.129. The molecule has 3 N–H and O–H groups in total. The van der Waals surface area contributed by atoms with Crippen molar-refractivity contribution >= 4 is 35.3 Å². The van der Waals surface area contributed by atoms with Crippen LogP contribution in [0.3, 0.4) is 0 Å². The minimum absolute atomic E-state index is 0.0798. The molecule has 0 aromatic heterocycles. The van der Waals surface area contributed by atoms with E-state index in [4.69, 9.17) is 10.5 Å². The van der Waals surface area contributed by atoms with Gasteiger partial charge in [0, 0.05) is 11.7 Å². The first-order valence-electron chi connectivity index (χ1n) is 11.0. The summed E-state index contributed by atoms with van der Waals surface area (Å²) in [6.45, 7) is 2.10. The predicted molar refractivity (Wildman–Crippen MR) is 129 cm³/mol. The molecule has 7 heteroatoms. The van der Waals surface area contributed by atoms with Crippen LogP contribution >= 0.6 is 11.8 Å². The molecule has 3 atom stereocenters. The van der Waals surface area contributed by atoms with E-state index in [-0.39, 0.29) is 24.1 Å². The van der Waals surface area contributed by atoms with E-state index in [1.807, 2.05) is 48.5 Å². The Labute approximate surface area is 193 Å². The number of carbonyl (C=O) groups excluding carboxylic acids is 2. The molecule has 4 rings (SSSR count). The number of ether oxygens (including phenoxy) is 1. The highest BCUT2D eigenvalue weighted by atomic mass is 32.2. The van der Waals surface area contributed by atoms with Crippen LogP contribution in [0, 0.1) is 5.92 Å². The van der Waals surface area contributed by atoms with E-state index < -0.39 is 5.91 Å². The van der Waals surface area contributed by atoms with Crippen LogP contribution in [0.15, 0.2) is 59.5 Å². The Balaban J connectivity index is 1.56. The number of rotatable bonds is 7. The number of amides is 2. The second kappa shape index (κ2) is 10.1. The molecule has 1 saturated heterocycles. The summed E-state index contributed by atoms with van der Waals surface area (Å²) in [4.78, 5) is 27.2. The van der Waals surface area contributed by atoms with Gasteiger partial charge in [0.05, 0.1) is 4.91 Å². The molecular formula is C25H29N3O3S. The number of benzene rings is 2. The van der Waals surface area contributed by atoms with Gasteiger partial charge < -0.3 is 20.7 Å². The van der Waals surface area contributed by atoms with E-state index in [0.717, 1.165) is 35.4 Å². The summed E-state index contributed by atoms with van der Waals surface area (Å²) in [7, 11) is 0. The summed E-state index contributed by atoms with van der Waals surface area (Å²) in [5.41, 5.74) is 6.89. The number of nitrogens with zero attached hydrogens (tertiary/aromatic N) is 1. The first-order valence-corrected chi connectivity index (χ1v) is 11.9. The highest BCUT2D eigenvalue weighted by molar-refractivity contribution is 8.05. The van der Waals surface area contributed by atoms with Gasteiger partial charge in [0.2, 0.25) is 0 Å². The second-order valence-corrected chi connectivity index (χ2v) is 9.48. The zero-order chi connectivity index (χ0) is 22.5. The Hall–Kier alpha value is -2.93. The van der Waals surface area contributed by atoms with Crippen LogP contribution in [0.4, 0.5) is 5.69 Å². The Kier molecular flexibility index (Phi) is 7.05. The molecule has 168 valence electrons. The summed E-state index contributed by atoms with van der Waals surface area (Å²) >= 11 is 1.56. The Morgan fingerprint density at radius 3 is 2.56 bits per heavy atom. The van der Waals surface area contributed by atoms with E-state index in [0.29, 0.717) is 11.7 Å². The third-order valence-electron chi connectivity index (χ3n) is 5.98. The van der Waals surface area contributed by atoms with Gasteiger partial charge in [-0.1, -0.05) is 61.9 Å². The summed E-state index contributed by atoms with van der Waals surface area (Å²) in [5.74, 6) is 0.612. The molecule has 0 radical (unpaired) electrons. The molecule has 2 aromatic carbocycles. The van der Waals surface area contributed by atoms with Crippen molar-refractivity contribution in [2.75, 3.05) is 11.9 Å². The van der Waals surface area contributed by atoms with Gasteiger partial charge in [-0.05, 0) is 54.7 Å². The van der Waals surface area contributed by atoms with Crippen LogP contribution < -0.4 is 15.8 Å². The summed E-state index contributed by atoms with van der Waals surface area (Å²) < 4.78 is 5.32. The maximum absolute atomic E-state index is 13.5. The smallest absolute Gasteiger partial charge is 0.262 e. The van der Waals surface area contributed by atoms with Gasteiger partial charge >= 0.3 is 0 Å². The minimum atomic E-state index is -0.516. The van der Waals surface area contributed by atoms with E-state index in [1.165, 1.54) is 6.42 Å². The average molecular weight is 452 g/mol. The van der Waals surface area contributed by atoms with Crippen molar-refractivity contribution in [2.45, 2.75) is 44.1 Å². The number of nitrogens with two attached hydrogens (primary N) is 1. The highest BCUT2D eigenvalue weighted by Gasteiger charge is 2.42. The Morgan fingerprint density at radius 2 is 1.88 bits per heavy atom. The number of hydrogen-bond donors (Lipinski definition) is 2. The standard InChI is InChI=1S/C25H29N3O3S/c1-17-7-5-6-10-21(17)28-24(30)22(32-25(28)27-19-8-3-2-4-9-19)15-18-11-13-20(14-12-18)31-16-23(26)29/h2-4,8-9,11-15,17,21,25,27H,5-7,10,16H2,1H3,(H2,26,29)/b22-15-/t17-,21+,25?/m1/s1. The molecule has 1 aliphatic carbocycles. The van der Waals surface area contributed by atoms with E-state index in [1.54, 1.807) is 23.9 Å². The molecule has 0 bridgehead atoms. The zero-order valence-electron chi connectivity index (χ0n) is 18.2. The minimum Gasteiger partial charge on any atom is -0.484 e. The van der Waals surface area contributed by atoms with Gasteiger partial charge in [0.1, 0.15) is 5.75 Å². The molecule has 1 unspecified atom stereocenters. The van der Waals surface area contributed by atoms with Gasteiger partial charge in [-0.15, -0.1) is 0 Å². The van der Waals surface area contributed by atoms with Crippen LogP contribution in [0.1, 0.15) is 38.2 Å². The summed E-state index contributed by atoms with van der Waals surface area (Å²) in [6.07, 6.45) is 6.52. The second-order valence-electron chi connectivity index (χ2n) is 8.35. The number of para-hydroxylation sites is 1. The molecule has 32 heavy (non-hydrogen) atoms. The van der Waals surface area contributed by atoms with Crippen LogP contribution in [-0.2, 0) is 9.59 Å². The summed E-state index contributed by atoms with van der Waals surface area (Å²) in [5, 5.41) is 3.55. The molecule has 2 aromatic rings. The topological polar surface area (TPSA) is 84.7 Å².